The molecular formula is C22H17F3N2O3S. The van der Waals surface area contributed by atoms with Crippen LogP contribution in [-0.4, -0.2) is 21.0 Å². The summed E-state index contributed by atoms with van der Waals surface area (Å²) in [5.41, 5.74) is 2.41. The Hall–Kier alpha value is -3.20. The van der Waals surface area contributed by atoms with Crippen LogP contribution in [0, 0.1) is 6.92 Å². The van der Waals surface area contributed by atoms with Crippen molar-refractivity contribution in [1.29, 1.82) is 0 Å². The second-order valence-electron chi connectivity index (χ2n) is 7.05. The van der Waals surface area contributed by atoms with Crippen molar-refractivity contribution >= 4 is 28.4 Å². The Morgan fingerprint density at radius 3 is 2.52 bits per heavy atom. The van der Waals surface area contributed by atoms with E-state index in [1.54, 1.807) is 18.2 Å². The van der Waals surface area contributed by atoms with Crippen LogP contribution in [-0.2, 0) is 30.2 Å². The molecule has 5 nitrogen and oxygen atoms in total. The molecule has 9 heteroatoms. The normalized spacial score (nSPS) is 11.9. The third kappa shape index (κ3) is 4.61. The highest BCUT2D eigenvalue weighted by atomic mass is 32.1. The maximum atomic E-state index is 12.8. The Morgan fingerprint density at radius 1 is 1.10 bits per heavy atom. The minimum atomic E-state index is -4.37. The summed E-state index contributed by atoms with van der Waals surface area (Å²) >= 11 is 1.42. The van der Waals surface area contributed by atoms with Gasteiger partial charge in [0, 0.05) is 22.4 Å². The van der Waals surface area contributed by atoms with E-state index in [-0.39, 0.29) is 6.42 Å². The monoisotopic (exact) mass is 446 g/mol. The topological polar surface area (TPSA) is 76.2 Å². The third-order valence-electron chi connectivity index (χ3n) is 4.80. The molecule has 0 aliphatic carbocycles. The van der Waals surface area contributed by atoms with Crippen molar-refractivity contribution in [3.05, 3.63) is 70.1 Å². The molecule has 0 radical (unpaired) electrons. The van der Waals surface area contributed by atoms with Gasteiger partial charge >= 0.3 is 12.1 Å². The molecule has 0 atom stereocenters. The maximum absolute atomic E-state index is 12.8. The minimum Gasteiger partial charge on any atom is -0.481 e. The van der Waals surface area contributed by atoms with E-state index >= 15 is 0 Å². The highest BCUT2D eigenvalue weighted by Gasteiger charge is 2.30. The number of fused-ring (bicyclic) bond motifs is 1. The Bertz CT molecular complexity index is 1240. The number of rotatable bonds is 6. The van der Waals surface area contributed by atoms with Gasteiger partial charge in [0.2, 0.25) is 0 Å². The second kappa shape index (κ2) is 8.14. The Kier molecular flexibility index (Phi) is 5.53. The van der Waals surface area contributed by atoms with Crippen LogP contribution in [0.1, 0.15) is 27.6 Å². The summed E-state index contributed by atoms with van der Waals surface area (Å²) in [7, 11) is 0. The first-order valence-electron chi connectivity index (χ1n) is 9.44. The molecule has 31 heavy (non-hydrogen) atoms. The molecule has 2 aromatic carbocycles. The molecule has 2 heterocycles. The van der Waals surface area contributed by atoms with Crippen LogP contribution in [0.5, 0.6) is 0 Å². The Labute approximate surface area is 179 Å². The first kappa shape index (κ1) is 21.0. The second-order valence-corrected chi connectivity index (χ2v) is 8.13. The van der Waals surface area contributed by atoms with Crippen molar-refractivity contribution < 1.29 is 27.5 Å². The lowest BCUT2D eigenvalue weighted by Gasteiger charge is -2.06. The molecule has 1 N–H and O–H groups in total. The van der Waals surface area contributed by atoms with E-state index in [0.717, 1.165) is 22.7 Å². The van der Waals surface area contributed by atoms with E-state index in [2.05, 4.69) is 9.97 Å². The molecule has 0 aliphatic heterocycles. The Balaban J connectivity index is 1.51. The summed E-state index contributed by atoms with van der Waals surface area (Å²) in [6, 6.07) is 10.2. The largest absolute Gasteiger partial charge is 0.481 e. The predicted octanol–water partition coefficient (Wildman–Crippen LogP) is 5.69. The van der Waals surface area contributed by atoms with Crippen molar-refractivity contribution in [2.45, 2.75) is 32.4 Å². The number of carboxylic acid groups (broad SMARTS) is 1. The smallest absolute Gasteiger partial charge is 0.416 e. The van der Waals surface area contributed by atoms with Gasteiger partial charge in [0.1, 0.15) is 10.5 Å². The molecule has 4 aromatic rings. The zero-order valence-corrected chi connectivity index (χ0v) is 17.2. The van der Waals surface area contributed by atoms with Crippen molar-refractivity contribution in [2.24, 2.45) is 0 Å². The molecule has 0 spiro atoms. The number of oxazole rings is 1. The standard InChI is InChI=1S/C22H17F3N2O3S/c1-12-17(31-21(26-12)13-5-7-15(8-6-13)22(23,24)25)9-10-18-27-16-4-2-3-14(11-19(28)29)20(16)30-18/h2-8H,9-11H2,1H3,(H,28,29). The van der Waals surface area contributed by atoms with Gasteiger partial charge in [-0.05, 0) is 31.5 Å². The summed E-state index contributed by atoms with van der Waals surface area (Å²) in [6.45, 7) is 1.86. The van der Waals surface area contributed by atoms with E-state index in [1.165, 1.54) is 23.5 Å². The van der Waals surface area contributed by atoms with Crippen molar-refractivity contribution in [1.82, 2.24) is 9.97 Å². The number of halogens is 3. The average Bonchev–Trinajstić information content (AvgIpc) is 3.29. The van der Waals surface area contributed by atoms with Gasteiger partial charge in [-0.15, -0.1) is 11.3 Å². The summed E-state index contributed by atoms with van der Waals surface area (Å²) in [4.78, 5) is 21.0. The fraction of sp³-hybridized carbons (Fsp3) is 0.227. The Morgan fingerprint density at radius 2 is 1.84 bits per heavy atom. The zero-order valence-electron chi connectivity index (χ0n) is 16.4. The molecule has 0 saturated carbocycles. The third-order valence-corrected chi connectivity index (χ3v) is 6.07. The molecule has 0 aliphatic rings. The molecule has 0 amide bonds. The minimum absolute atomic E-state index is 0.142. The fourth-order valence-electron chi connectivity index (χ4n) is 3.27. The number of thiazole rings is 1. The molecular weight excluding hydrogens is 429 g/mol. The molecule has 0 fully saturated rings. The first-order valence-corrected chi connectivity index (χ1v) is 10.3. The molecule has 0 saturated heterocycles. The number of carbonyl (C=O) groups is 1. The van der Waals surface area contributed by atoms with E-state index in [0.29, 0.717) is 46.0 Å². The first-order chi connectivity index (χ1) is 14.7. The van der Waals surface area contributed by atoms with Gasteiger partial charge < -0.3 is 9.52 Å². The van der Waals surface area contributed by atoms with E-state index in [9.17, 15) is 18.0 Å². The van der Waals surface area contributed by atoms with Gasteiger partial charge in [-0.2, -0.15) is 13.2 Å². The molecule has 160 valence electrons. The lowest BCUT2D eigenvalue weighted by Crippen LogP contribution is -2.03. The van der Waals surface area contributed by atoms with Crippen LogP contribution >= 0.6 is 11.3 Å². The molecule has 4 rings (SSSR count). The van der Waals surface area contributed by atoms with Crippen LogP contribution in [0.4, 0.5) is 13.2 Å². The summed E-state index contributed by atoms with van der Waals surface area (Å²) in [5, 5.41) is 9.70. The van der Waals surface area contributed by atoms with Gasteiger partial charge in [-0.25, -0.2) is 9.97 Å². The molecule has 2 aromatic heterocycles. The summed E-state index contributed by atoms with van der Waals surface area (Å²) < 4.78 is 44.1. The lowest BCUT2D eigenvalue weighted by atomic mass is 10.1. The summed E-state index contributed by atoms with van der Waals surface area (Å²) in [6.07, 6.45) is -3.41. The quantitative estimate of drug-likeness (QED) is 0.412. The lowest BCUT2D eigenvalue weighted by molar-refractivity contribution is -0.138. The number of hydrogen-bond acceptors (Lipinski definition) is 5. The highest BCUT2D eigenvalue weighted by Crippen LogP contribution is 2.33. The van der Waals surface area contributed by atoms with Crippen LogP contribution in [0.3, 0.4) is 0 Å². The average molecular weight is 446 g/mol. The van der Waals surface area contributed by atoms with Crippen LogP contribution in [0.15, 0.2) is 46.9 Å². The van der Waals surface area contributed by atoms with Gasteiger partial charge in [-0.1, -0.05) is 24.3 Å². The number of alkyl halides is 3. The number of para-hydroxylation sites is 1. The fourth-order valence-corrected chi connectivity index (χ4v) is 4.33. The number of nitrogens with zero attached hydrogens (tertiary/aromatic N) is 2. The number of hydrogen-bond donors (Lipinski definition) is 1. The van der Waals surface area contributed by atoms with Gasteiger partial charge in [-0.3, -0.25) is 4.79 Å². The number of aryl methyl sites for hydroxylation is 3. The van der Waals surface area contributed by atoms with Crippen molar-refractivity contribution in [2.75, 3.05) is 0 Å². The number of carboxylic acids is 1. The maximum Gasteiger partial charge on any atom is 0.416 e. The molecule has 0 unspecified atom stereocenters. The van der Waals surface area contributed by atoms with E-state index in [4.69, 9.17) is 9.52 Å². The van der Waals surface area contributed by atoms with Gasteiger partial charge in [0.05, 0.1) is 17.7 Å². The molecule has 0 bridgehead atoms. The number of aliphatic carboxylic acids is 1. The number of aromatic nitrogens is 2. The SMILES string of the molecule is Cc1nc(-c2ccc(C(F)(F)F)cc2)sc1CCc1nc2cccc(CC(=O)O)c2o1. The summed E-state index contributed by atoms with van der Waals surface area (Å²) in [5.74, 6) is -0.446. The van der Waals surface area contributed by atoms with Crippen LogP contribution in [0.2, 0.25) is 0 Å². The highest BCUT2D eigenvalue weighted by molar-refractivity contribution is 7.15. The van der Waals surface area contributed by atoms with E-state index < -0.39 is 17.7 Å². The van der Waals surface area contributed by atoms with Gasteiger partial charge in [0.15, 0.2) is 11.5 Å². The van der Waals surface area contributed by atoms with Crippen molar-refractivity contribution in [3.63, 3.8) is 0 Å². The van der Waals surface area contributed by atoms with Crippen LogP contribution < -0.4 is 0 Å². The zero-order chi connectivity index (χ0) is 22.2. The van der Waals surface area contributed by atoms with Gasteiger partial charge in [0.25, 0.3) is 0 Å². The van der Waals surface area contributed by atoms with E-state index in [1.807, 2.05) is 6.92 Å². The van der Waals surface area contributed by atoms with Crippen molar-refractivity contribution in [3.8, 4) is 10.6 Å². The predicted molar refractivity (Wildman–Crippen MR) is 110 cm³/mol. The van der Waals surface area contributed by atoms with Crippen LogP contribution in [0.25, 0.3) is 21.7 Å². The number of benzene rings is 2.